The molecule has 1 aliphatic heterocycles. The lowest BCUT2D eigenvalue weighted by Crippen LogP contribution is -2.20. The van der Waals surface area contributed by atoms with Crippen molar-refractivity contribution in [2.45, 2.75) is 32.7 Å². The van der Waals surface area contributed by atoms with Gasteiger partial charge in [-0.3, -0.25) is 9.89 Å². The van der Waals surface area contributed by atoms with Gasteiger partial charge in [0.2, 0.25) is 11.6 Å². The Morgan fingerprint density at radius 3 is 2.33 bits per heavy atom. The minimum atomic E-state index is -5.56. The van der Waals surface area contributed by atoms with Crippen molar-refractivity contribution in [2.24, 2.45) is 4.99 Å². The Morgan fingerprint density at radius 2 is 1.75 bits per heavy atom. The number of aliphatic hydroxyl groups is 1. The van der Waals surface area contributed by atoms with Gasteiger partial charge in [-0.25, -0.2) is 13.6 Å². The largest absolute Gasteiger partial charge is 0.573 e. The highest BCUT2D eigenvalue weighted by molar-refractivity contribution is 6.15. The molecule has 194 valence electrons. The van der Waals surface area contributed by atoms with Gasteiger partial charge in [0.25, 0.3) is 0 Å². The predicted molar refractivity (Wildman–Crippen MR) is 118 cm³/mol. The summed E-state index contributed by atoms with van der Waals surface area (Å²) in [6.07, 6.45) is -2.50. The highest BCUT2D eigenvalue weighted by Gasteiger charge is 2.36. The molecule has 1 N–H and O–H groups in total. The summed E-state index contributed by atoms with van der Waals surface area (Å²) in [5, 5.41) is 10.5. The highest BCUT2D eigenvalue weighted by atomic mass is 19.4. The van der Waals surface area contributed by atoms with E-state index in [-0.39, 0.29) is 12.7 Å². The van der Waals surface area contributed by atoms with E-state index in [1.807, 2.05) is 0 Å². The summed E-state index contributed by atoms with van der Waals surface area (Å²) in [7, 11) is 0. The first-order valence-corrected chi connectivity index (χ1v) is 10.9. The number of ether oxygens (including phenoxy) is 2. The van der Waals surface area contributed by atoms with Gasteiger partial charge in [0.05, 0.1) is 17.9 Å². The Bertz CT molecular complexity index is 1160. The number of nitrogens with zero attached hydrogens (tertiary/aromatic N) is 2. The maximum absolute atomic E-state index is 14.7. The number of hydrogen-bond acceptors (Lipinski definition) is 6. The number of benzene rings is 2. The number of rotatable bonds is 8. The van der Waals surface area contributed by atoms with Crippen molar-refractivity contribution in [1.29, 1.82) is 0 Å². The number of carbonyl (C=O) groups excluding carboxylic acids is 1. The van der Waals surface area contributed by atoms with Gasteiger partial charge in [-0.15, -0.1) is 13.2 Å². The fourth-order valence-electron chi connectivity index (χ4n) is 3.55. The van der Waals surface area contributed by atoms with Crippen LogP contribution in [-0.2, 0) is 16.1 Å². The smallest absolute Gasteiger partial charge is 0.506 e. The molecule has 0 radical (unpaired) electrons. The Hall–Kier alpha value is -3.54. The molecule has 2 aromatic rings. The summed E-state index contributed by atoms with van der Waals surface area (Å²) in [6.45, 7) is 4.00. The summed E-state index contributed by atoms with van der Waals surface area (Å²) in [5.41, 5.74) is -0.730. The third-order valence-corrected chi connectivity index (χ3v) is 5.22. The number of carbonyl (C=O) groups is 1. The first-order chi connectivity index (χ1) is 17.0. The van der Waals surface area contributed by atoms with Crippen molar-refractivity contribution in [3.05, 3.63) is 64.5 Å². The van der Waals surface area contributed by atoms with Crippen LogP contribution in [-0.4, -0.2) is 48.2 Å². The molecule has 0 bridgehead atoms. The van der Waals surface area contributed by atoms with Crippen molar-refractivity contribution in [3.8, 4) is 5.75 Å². The monoisotopic (exact) mass is 516 g/mol. The lowest BCUT2D eigenvalue weighted by Gasteiger charge is -2.14. The molecule has 6 nitrogen and oxygen atoms in total. The molecule has 0 spiro atoms. The second kappa shape index (κ2) is 11.5. The molecule has 0 aromatic heterocycles. The van der Waals surface area contributed by atoms with Crippen LogP contribution in [0.1, 0.15) is 30.9 Å². The lowest BCUT2D eigenvalue weighted by molar-refractivity contribution is -0.276. The standard InChI is InChI=1S/C24H22F6N2O4/c1-2-35-23(34)17(12-31-15-7-5-14(6-8-15)13-32-9-3-4-10-32)21(33)16-11-18(25)20(27)22(19(16)26)36-24(28,29)30/h5-8,11-12,33H,2-4,9-10,13H2,1H3. The van der Waals surface area contributed by atoms with E-state index >= 15 is 0 Å². The van der Waals surface area contributed by atoms with E-state index in [2.05, 4.69) is 14.6 Å². The Balaban J connectivity index is 1.97. The van der Waals surface area contributed by atoms with Crippen LogP contribution < -0.4 is 4.74 Å². The van der Waals surface area contributed by atoms with Crippen LogP contribution in [0, 0.1) is 17.5 Å². The normalized spacial score (nSPS) is 15.3. The van der Waals surface area contributed by atoms with E-state index in [0.717, 1.165) is 44.3 Å². The molecule has 0 amide bonds. The van der Waals surface area contributed by atoms with Crippen molar-refractivity contribution >= 4 is 23.6 Å². The van der Waals surface area contributed by atoms with Crippen LogP contribution in [0.15, 0.2) is 40.9 Å². The molecule has 0 atom stereocenters. The maximum Gasteiger partial charge on any atom is 0.573 e. The van der Waals surface area contributed by atoms with Crippen LogP contribution in [0.3, 0.4) is 0 Å². The van der Waals surface area contributed by atoms with E-state index < -0.39 is 52.4 Å². The van der Waals surface area contributed by atoms with Crippen LogP contribution >= 0.6 is 0 Å². The molecule has 1 saturated heterocycles. The molecule has 0 saturated carbocycles. The number of likely N-dealkylation sites (tertiary alicyclic amines) is 1. The predicted octanol–water partition coefficient (Wildman–Crippen LogP) is 5.83. The van der Waals surface area contributed by atoms with E-state index in [1.54, 1.807) is 24.3 Å². The molecule has 3 rings (SSSR count). The first-order valence-electron chi connectivity index (χ1n) is 10.9. The fraction of sp³-hybridized carbons (Fsp3) is 0.333. The Morgan fingerprint density at radius 1 is 1.11 bits per heavy atom. The molecule has 1 aliphatic rings. The van der Waals surface area contributed by atoms with Gasteiger partial charge >= 0.3 is 12.3 Å². The topological polar surface area (TPSA) is 71.4 Å². The Labute approximate surface area is 202 Å². The van der Waals surface area contributed by atoms with Crippen molar-refractivity contribution in [1.82, 2.24) is 4.90 Å². The molecule has 12 heteroatoms. The second-order valence-corrected chi connectivity index (χ2v) is 7.80. The third kappa shape index (κ3) is 6.78. The maximum atomic E-state index is 14.7. The van der Waals surface area contributed by atoms with Crippen LogP contribution in [0.5, 0.6) is 5.75 Å². The minimum absolute atomic E-state index is 0.0868. The van der Waals surface area contributed by atoms with Crippen molar-refractivity contribution in [2.75, 3.05) is 19.7 Å². The molecular weight excluding hydrogens is 494 g/mol. The third-order valence-electron chi connectivity index (χ3n) is 5.22. The molecule has 0 unspecified atom stereocenters. The summed E-state index contributed by atoms with van der Waals surface area (Å²) in [5.74, 6) is -11.0. The van der Waals surface area contributed by atoms with E-state index in [1.165, 1.54) is 6.92 Å². The van der Waals surface area contributed by atoms with Gasteiger partial charge in [-0.1, -0.05) is 12.1 Å². The van der Waals surface area contributed by atoms with Gasteiger partial charge < -0.3 is 14.6 Å². The number of esters is 1. The summed E-state index contributed by atoms with van der Waals surface area (Å²) in [4.78, 5) is 18.7. The summed E-state index contributed by atoms with van der Waals surface area (Å²) >= 11 is 0. The SMILES string of the molecule is CCOC(=O)C(C=Nc1ccc(CN2CCCC2)cc1)=C(O)c1cc(F)c(F)c(OC(F)(F)F)c1F. The fourth-order valence-corrected chi connectivity index (χ4v) is 3.55. The minimum Gasteiger partial charge on any atom is -0.506 e. The number of aliphatic imine (C=N–C) groups is 1. The van der Waals surface area contributed by atoms with Crippen molar-refractivity contribution in [3.63, 3.8) is 0 Å². The zero-order valence-electron chi connectivity index (χ0n) is 19.0. The van der Waals surface area contributed by atoms with E-state index in [0.29, 0.717) is 5.69 Å². The zero-order chi connectivity index (χ0) is 26.5. The molecule has 36 heavy (non-hydrogen) atoms. The van der Waals surface area contributed by atoms with E-state index in [9.17, 15) is 36.2 Å². The quantitative estimate of drug-likeness (QED) is 0.119. The highest BCUT2D eigenvalue weighted by Crippen LogP contribution is 2.35. The molecular formula is C24H22F6N2O4. The van der Waals surface area contributed by atoms with Gasteiger partial charge in [0.15, 0.2) is 11.6 Å². The molecule has 2 aromatic carbocycles. The van der Waals surface area contributed by atoms with Gasteiger partial charge in [-0.05, 0) is 56.6 Å². The van der Waals surface area contributed by atoms with Crippen LogP contribution in [0.2, 0.25) is 0 Å². The molecule has 1 fully saturated rings. The van der Waals surface area contributed by atoms with Crippen molar-refractivity contribution < 1.29 is 45.7 Å². The Kier molecular flexibility index (Phi) is 8.62. The average Bonchev–Trinajstić information content (AvgIpc) is 3.33. The van der Waals surface area contributed by atoms with Gasteiger partial charge in [0.1, 0.15) is 11.3 Å². The van der Waals surface area contributed by atoms with E-state index in [4.69, 9.17) is 4.74 Å². The first kappa shape index (κ1) is 27.1. The van der Waals surface area contributed by atoms with Gasteiger partial charge in [0, 0.05) is 12.8 Å². The average molecular weight is 516 g/mol. The van der Waals surface area contributed by atoms with Crippen LogP contribution in [0.4, 0.5) is 32.0 Å². The number of halogens is 6. The second-order valence-electron chi connectivity index (χ2n) is 7.80. The molecule has 0 aliphatic carbocycles. The lowest BCUT2D eigenvalue weighted by atomic mass is 10.1. The zero-order valence-corrected chi connectivity index (χ0v) is 19.0. The van der Waals surface area contributed by atoms with Crippen LogP contribution in [0.25, 0.3) is 5.76 Å². The summed E-state index contributed by atoms with van der Waals surface area (Å²) < 4.78 is 88.0. The molecule has 1 heterocycles. The summed E-state index contributed by atoms with van der Waals surface area (Å²) in [6, 6.07) is 6.93. The number of aliphatic hydroxyl groups excluding tert-OH is 1. The number of alkyl halides is 3. The number of hydrogen-bond donors (Lipinski definition) is 1. The van der Waals surface area contributed by atoms with Gasteiger partial charge in [-0.2, -0.15) is 4.39 Å².